The first-order valence-electron chi connectivity index (χ1n) is 6.21. The summed E-state index contributed by atoms with van der Waals surface area (Å²) in [5, 5.41) is 3.79. The van der Waals surface area contributed by atoms with Crippen molar-refractivity contribution in [3.63, 3.8) is 0 Å². The van der Waals surface area contributed by atoms with Crippen molar-refractivity contribution in [2.24, 2.45) is 0 Å². The number of benzene rings is 2. The molecular formula is C15H10ClFN2OS. The zero-order valence-corrected chi connectivity index (χ0v) is 12.3. The highest BCUT2D eigenvalue weighted by Crippen LogP contribution is 2.28. The fourth-order valence-corrected chi connectivity index (χ4v) is 3.09. The Morgan fingerprint density at radius 2 is 2.10 bits per heavy atom. The summed E-state index contributed by atoms with van der Waals surface area (Å²) in [5.74, 6) is -0.686. The van der Waals surface area contributed by atoms with Crippen LogP contribution in [-0.4, -0.2) is 10.9 Å². The lowest BCUT2D eigenvalue weighted by atomic mass is 10.1. The average Bonchev–Trinajstić information content (AvgIpc) is 2.82. The maximum absolute atomic E-state index is 13.5. The molecule has 21 heavy (non-hydrogen) atoms. The Bertz CT molecular complexity index is 818. The highest BCUT2D eigenvalue weighted by molar-refractivity contribution is 7.22. The predicted molar refractivity (Wildman–Crippen MR) is 83.4 cm³/mol. The van der Waals surface area contributed by atoms with E-state index in [0.29, 0.717) is 15.7 Å². The average molecular weight is 321 g/mol. The van der Waals surface area contributed by atoms with Crippen molar-refractivity contribution in [2.45, 2.75) is 6.42 Å². The quantitative estimate of drug-likeness (QED) is 0.783. The largest absolute Gasteiger partial charge is 0.302 e. The number of hydrogen-bond acceptors (Lipinski definition) is 3. The summed E-state index contributed by atoms with van der Waals surface area (Å²) in [6.07, 6.45) is -0.0244. The van der Waals surface area contributed by atoms with E-state index in [-0.39, 0.29) is 18.1 Å². The summed E-state index contributed by atoms with van der Waals surface area (Å²) >= 11 is 7.24. The van der Waals surface area contributed by atoms with Crippen molar-refractivity contribution in [3.8, 4) is 0 Å². The molecule has 1 heterocycles. The fourth-order valence-electron chi connectivity index (χ4n) is 1.93. The molecule has 0 bridgehead atoms. The number of carbonyl (C=O) groups excluding carboxylic acids is 1. The Labute approximate surface area is 129 Å². The number of aromatic nitrogens is 1. The van der Waals surface area contributed by atoms with E-state index >= 15 is 0 Å². The van der Waals surface area contributed by atoms with Crippen molar-refractivity contribution in [3.05, 3.63) is 58.9 Å². The van der Waals surface area contributed by atoms with Crippen molar-refractivity contribution < 1.29 is 9.18 Å². The molecule has 1 N–H and O–H groups in total. The second-order valence-electron chi connectivity index (χ2n) is 4.45. The van der Waals surface area contributed by atoms with Gasteiger partial charge in [-0.3, -0.25) is 4.79 Å². The first-order chi connectivity index (χ1) is 10.1. The van der Waals surface area contributed by atoms with Crippen LogP contribution in [0.3, 0.4) is 0 Å². The van der Waals surface area contributed by atoms with Gasteiger partial charge in [-0.15, -0.1) is 0 Å². The third-order valence-electron chi connectivity index (χ3n) is 2.91. The van der Waals surface area contributed by atoms with Crippen molar-refractivity contribution in [1.82, 2.24) is 4.98 Å². The molecule has 0 aliphatic carbocycles. The lowest BCUT2D eigenvalue weighted by molar-refractivity contribution is -0.115. The van der Waals surface area contributed by atoms with Gasteiger partial charge in [-0.2, -0.15) is 0 Å². The van der Waals surface area contributed by atoms with Crippen LogP contribution in [0.1, 0.15) is 5.56 Å². The molecule has 106 valence electrons. The molecule has 0 saturated heterocycles. The lowest BCUT2D eigenvalue weighted by Gasteiger charge is -2.02. The number of amides is 1. The highest BCUT2D eigenvalue weighted by atomic mass is 35.5. The highest BCUT2D eigenvalue weighted by Gasteiger charge is 2.11. The van der Waals surface area contributed by atoms with Gasteiger partial charge in [0.2, 0.25) is 5.91 Å². The second-order valence-corrected chi connectivity index (χ2v) is 5.91. The molecule has 1 aromatic heterocycles. The predicted octanol–water partition coefficient (Wildman–Crippen LogP) is 4.27. The molecule has 2 aromatic carbocycles. The summed E-state index contributed by atoms with van der Waals surface area (Å²) in [6.45, 7) is 0. The lowest BCUT2D eigenvalue weighted by Crippen LogP contribution is -2.14. The molecule has 0 unspecified atom stereocenters. The zero-order valence-electron chi connectivity index (χ0n) is 10.8. The molecule has 0 fully saturated rings. The minimum atomic E-state index is -0.385. The summed E-state index contributed by atoms with van der Waals surface area (Å²) in [4.78, 5) is 16.2. The molecule has 0 saturated carbocycles. The normalized spacial score (nSPS) is 10.8. The maximum atomic E-state index is 13.5. The van der Waals surface area contributed by atoms with Gasteiger partial charge in [0.05, 0.1) is 16.6 Å². The molecule has 0 aliphatic rings. The first kappa shape index (κ1) is 14.0. The third-order valence-corrected chi connectivity index (χ3v) is 4.07. The number of hydrogen-bond donors (Lipinski definition) is 1. The fraction of sp³-hybridized carbons (Fsp3) is 0.0667. The van der Waals surface area contributed by atoms with Crippen LogP contribution in [0.15, 0.2) is 42.5 Å². The summed E-state index contributed by atoms with van der Waals surface area (Å²) in [6, 6.07) is 11.5. The van der Waals surface area contributed by atoms with Crippen LogP contribution in [0.2, 0.25) is 5.02 Å². The van der Waals surface area contributed by atoms with Crippen molar-refractivity contribution in [2.75, 3.05) is 5.32 Å². The van der Waals surface area contributed by atoms with E-state index in [4.69, 9.17) is 11.6 Å². The number of carbonyl (C=O) groups is 1. The molecule has 0 aliphatic heterocycles. The van der Waals surface area contributed by atoms with E-state index in [0.717, 1.165) is 10.2 Å². The number of nitrogens with zero attached hydrogens (tertiary/aromatic N) is 1. The van der Waals surface area contributed by atoms with E-state index in [9.17, 15) is 9.18 Å². The third kappa shape index (κ3) is 3.20. The molecule has 3 nitrogen and oxygen atoms in total. The minimum absolute atomic E-state index is 0.0244. The van der Waals surface area contributed by atoms with Gasteiger partial charge in [-0.1, -0.05) is 41.1 Å². The molecule has 0 radical (unpaired) electrons. The van der Waals surface area contributed by atoms with Gasteiger partial charge in [0.25, 0.3) is 0 Å². The second kappa shape index (κ2) is 5.79. The topological polar surface area (TPSA) is 42.0 Å². The maximum Gasteiger partial charge on any atom is 0.230 e. The van der Waals surface area contributed by atoms with E-state index in [1.54, 1.807) is 36.4 Å². The molecule has 1 amide bonds. The molecule has 0 spiro atoms. The van der Waals surface area contributed by atoms with Gasteiger partial charge in [-0.25, -0.2) is 9.37 Å². The standard InChI is InChI=1S/C15H10ClFN2OS/c16-10-5-6-12-13(8-10)21-15(18-12)19-14(20)7-9-3-1-2-4-11(9)17/h1-6,8H,7H2,(H,18,19,20). The van der Waals surface area contributed by atoms with Crippen LogP contribution in [-0.2, 0) is 11.2 Å². The van der Waals surface area contributed by atoms with E-state index in [2.05, 4.69) is 10.3 Å². The summed E-state index contributed by atoms with van der Waals surface area (Å²) in [5.41, 5.74) is 1.13. The number of nitrogens with one attached hydrogen (secondary N) is 1. The molecule has 3 aromatic rings. The zero-order chi connectivity index (χ0) is 14.8. The Morgan fingerprint density at radius 1 is 1.29 bits per heavy atom. The molecule has 3 rings (SSSR count). The smallest absolute Gasteiger partial charge is 0.230 e. The van der Waals surface area contributed by atoms with Crippen LogP contribution in [0.4, 0.5) is 9.52 Å². The number of rotatable bonds is 3. The minimum Gasteiger partial charge on any atom is -0.302 e. The van der Waals surface area contributed by atoms with Crippen molar-refractivity contribution >= 4 is 44.2 Å². The van der Waals surface area contributed by atoms with Gasteiger partial charge < -0.3 is 5.32 Å². The van der Waals surface area contributed by atoms with E-state index < -0.39 is 0 Å². The van der Waals surface area contributed by atoms with Gasteiger partial charge >= 0.3 is 0 Å². The number of anilines is 1. The van der Waals surface area contributed by atoms with Crippen LogP contribution in [0.5, 0.6) is 0 Å². The number of thiazole rings is 1. The number of fused-ring (bicyclic) bond motifs is 1. The molecule has 0 atom stereocenters. The van der Waals surface area contributed by atoms with Gasteiger partial charge in [0.15, 0.2) is 5.13 Å². The van der Waals surface area contributed by atoms with E-state index in [1.165, 1.54) is 17.4 Å². The SMILES string of the molecule is O=C(Cc1ccccc1F)Nc1nc2ccc(Cl)cc2s1. The first-order valence-corrected chi connectivity index (χ1v) is 7.40. The Morgan fingerprint density at radius 3 is 2.90 bits per heavy atom. The summed E-state index contributed by atoms with van der Waals surface area (Å²) in [7, 11) is 0. The Kier molecular flexibility index (Phi) is 3.86. The van der Waals surface area contributed by atoms with Gasteiger partial charge in [0, 0.05) is 5.02 Å². The summed E-state index contributed by atoms with van der Waals surface area (Å²) < 4.78 is 14.4. The van der Waals surface area contributed by atoms with Gasteiger partial charge in [0.1, 0.15) is 5.82 Å². The molecular weight excluding hydrogens is 311 g/mol. The number of halogens is 2. The van der Waals surface area contributed by atoms with Crippen LogP contribution in [0.25, 0.3) is 10.2 Å². The van der Waals surface area contributed by atoms with Gasteiger partial charge in [-0.05, 0) is 29.8 Å². The van der Waals surface area contributed by atoms with Crippen LogP contribution < -0.4 is 5.32 Å². The Hall–Kier alpha value is -1.98. The molecule has 6 heteroatoms. The van der Waals surface area contributed by atoms with Crippen LogP contribution in [0, 0.1) is 5.82 Å². The Balaban J connectivity index is 1.75. The van der Waals surface area contributed by atoms with Crippen LogP contribution >= 0.6 is 22.9 Å². The van der Waals surface area contributed by atoms with E-state index in [1.807, 2.05) is 0 Å². The monoisotopic (exact) mass is 320 g/mol. The van der Waals surface area contributed by atoms with Crippen molar-refractivity contribution in [1.29, 1.82) is 0 Å².